The molecule has 0 aromatic carbocycles. The second kappa shape index (κ2) is 6.55. The minimum absolute atomic E-state index is 0.0511. The highest BCUT2D eigenvalue weighted by atomic mass is 32.1. The van der Waals surface area contributed by atoms with E-state index in [0.29, 0.717) is 12.6 Å². The molecule has 0 radical (unpaired) electrons. The number of hydrogen-bond acceptors (Lipinski definition) is 6. The summed E-state index contributed by atoms with van der Waals surface area (Å²) < 4.78 is 1.43. The molecule has 0 amide bonds. The van der Waals surface area contributed by atoms with E-state index in [2.05, 4.69) is 27.5 Å². The van der Waals surface area contributed by atoms with Crippen LogP contribution in [0.3, 0.4) is 0 Å². The van der Waals surface area contributed by atoms with Crippen LogP contribution in [0.4, 0.5) is 5.69 Å². The summed E-state index contributed by atoms with van der Waals surface area (Å²) in [5.74, 6) is 0. The van der Waals surface area contributed by atoms with Crippen LogP contribution in [0.15, 0.2) is 29.9 Å². The molecule has 3 heterocycles. The molecular formula is C14H18N4O3S. The number of rotatable bonds is 6. The van der Waals surface area contributed by atoms with Crippen molar-refractivity contribution >= 4 is 17.0 Å². The van der Waals surface area contributed by atoms with Crippen LogP contribution < -0.4 is 0 Å². The quantitative estimate of drug-likeness (QED) is 0.650. The molecule has 0 spiro atoms. The van der Waals surface area contributed by atoms with Crippen LogP contribution in [0.1, 0.15) is 23.8 Å². The van der Waals surface area contributed by atoms with E-state index in [1.54, 1.807) is 11.3 Å². The molecule has 1 fully saturated rings. The van der Waals surface area contributed by atoms with Crippen LogP contribution in [0.2, 0.25) is 0 Å². The third-order valence-corrected chi connectivity index (χ3v) is 4.88. The average Bonchev–Trinajstić information content (AvgIpc) is 3.18. The van der Waals surface area contributed by atoms with E-state index in [1.165, 1.54) is 22.0 Å². The Kier molecular flexibility index (Phi) is 4.51. The molecule has 2 aromatic heterocycles. The lowest BCUT2D eigenvalue weighted by atomic mass is 10.2. The van der Waals surface area contributed by atoms with Gasteiger partial charge in [-0.15, -0.1) is 11.3 Å². The zero-order valence-electron chi connectivity index (χ0n) is 12.0. The molecule has 2 unspecified atom stereocenters. The number of aromatic nitrogens is 2. The van der Waals surface area contributed by atoms with E-state index in [1.807, 2.05) is 0 Å². The van der Waals surface area contributed by atoms with Gasteiger partial charge < -0.3 is 5.11 Å². The lowest BCUT2D eigenvalue weighted by molar-refractivity contribution is -0.385. The third kappa shape index (κ3) is 3.34. The average molecular weight is 322 g/mol. The summed E-state index contributed by atoms with van der Waals surface area (Å²) in [6.45, 7) is 1.79. The molecule has 0 bridgehead atoms. The maximum absolute atomic E-state index is 10.6. The van der Waals surface area contributed by atoms with Gasteiger partial charge in [0.05, 0.1) is 17.6 Å². The van der Waals surface area contributed by atoms with E-state index >= 15 is 0 Å². The number of β-amino-alcohol motifs (C(OH)–C–C–N with tert-alkyl or cyclic N) is 1. The molecule has 1 aliphatic heterocycles. The van der Waals surface area contributed by atoms with Crippen molar-refractivity contribution in [3.8, 4) is 0 Å². The Morgan fingerprint density at radius 2 is 2.41 bits per heavy atom. The van der Waals surface area contributed by atoms with Crippen LogP contribution in [0, 0.1) is 10.1 Å². The van der Waals surface area contributed by atoms with Crippen molar-refractivity contribution in [1.29, 1.82) is 0 Å². The van der Waals surface area contributed by atoms with Crippen LogP contribution in [0.25, 0.3) is 0 Å². The molecule has 8 heteroatoms. The first kappa shape index (κ1) is 15.1. The summed E-state index contributed by atoms with van der Waals surface area (Å²) in [4.78, 5) is 13.8. The number of aliphatic hydroxyl groups is 1. The Bertz CT molecular complexity index is 628. The first-order chi connectivity index (χ1) is 10.6. The van der Waals surface area contributed by atoms with Crippen LogP contribution in [-0.4, -0.2) is 43.9 Å². The van der Waals surface area contributed by atoms with Crippen molar-refractivity contribution in [3.05, 3.63) is 44.9 Å². The van der Waals surface area contributed by atoms with Crippen LogP contribution >= 0.6 is 11.3 Å². The largest absolute Gasteiger partial charge is 0.390 e. The van der Waals surface area contributed by atoms with Crippen molar-refractivity contribution < 1.29 is 10.0 Å². The molecule has 1 N–H and O–H groups in total. The normalized spacial score (nSPS) is 20.3. The lowest BCUT2D eigenvalue weighted by Gasteiger charge is -2.26. The predicted molar refractivity (Wildman–Crippen MR) is 82.8 cm³/mol. The molecule has 3 rings (SSSR count). The van der Waals surface area contributed by atoms with Gasteiger partial charge in [0.2, 0.25) is 0 Å². The Morgan fingerprint density at radius 3 is 3.09 bits per heavy atom. The minimum Gasteiger partial charge on any atom is -0.390 e. The molecule has 0 aliphatic carbocycles. The summed E-state index contributed by atoms with van der Waals surface area (Å²) in [6, 6.07) is 4.56. The fourth-order valence-corrected chi connectivity index (χ4v) is 3.83. The second-order valence-corrected chi connectivity index (χ2v) is 6.48. The van der Waals surface area contributed by atoms with Gasteiger partial charge in [0.15, 0.2) is 0 Å². The van der Waals surface area contributed by atoms with Crippen LogP contribution in [-0.2, 0) is 6.54 Å². The Balaban J connectivity index is 1.58. The second-order valence-electron chi connectivity index (χ2n) is 5.50. The fraction of sp³-hybridized carbons (Fsp3) is 0.500. The van der Waals surface area contributed by atoms with Gasteiger partial charge in [0, 0.05) is 17.5 Å². The van der Waals surface area contributed by atoms with Crippen molar-refractivity contribution in [2.24, 2.45) is 0 Å². The monoisotopic (exact) mass is 322 g/mol. The van der Waals surface area contributed by atoms with Crippen molar-refractivity contribution in [2.75, 3.05) is 13.1 Å². The highest BCUT2D eigenvalue weighted by Gasteiger charge is 2.28. The highest BCUT2D eigenvalue weighted by Crippen LogP contribution is 2.34. The topological polar surface area (TPSA) is 84.4 Å². The Morgan fingerprint density at radius 1 is 1.55 bits per heavy atom. The Hall–Kier alpha value is -1.77. The van der Waals surface area contributed by atoms with Gasteiger partial charge in [0.1, 0.15) is 12.4 Å². The number of aliphatic hydroxyl groups excluding tert-OH is 1. The van der Waals surface area contributed by atoms with E-state index < -0.39 is 11.0 Å². The van der Waals surface area contributed by atoms with E-state index in [9.17, 15) is 15.2 Å². The minimum atomic E-state index is -0.597. The summed E-state index contributed by atoms with van der Waals surface area (Å²) in [5.41, 5.74) is -0.0511. The smallest absolute Gasteiger partial charge is 0.306 e. The third-order valence-electron chi connectivity index (χ3n) is 3.91. The summed E-state index contributed by atoms with van der Waals surface area (Å²) in [6.07, 6.45) is 4.20. The van der Waals surface area contributed by atoms with Crippen LogP contribution in [0.5, 0.6) is 0 Å². The number of nitro groups is 1. The van der Waals surface area contributed by atoms with Gasteiger partial charge in [-0.1, -0.05) is 6.07 Å². The van der Waals surface area contributed by atoms with E-state index in [4.69, 9.17) is 0 Å². The van der Waals surface area contributed by atoms with Gasteiger partial charge in [-0.25, -0.2) is 0 Å². The van der Waals surface area contributed by atoms with Gasteiger partial charge in [-0.3, -0.25) is 19.7 Å². The molecular weight excluding hydrogens is 304 g/mol. The van der Waals surface area contributed by atoms with Gasteiger partial charge >= 0.3 is 5.69 Å². The molecule has 2 aromatic rings. The summed E-state index contributed by atoms with van der Waals surface area (Å²) >= 11 is 1.75. The van der Waals surface area contributed by atoms with E-state index in [-0.39, 0.29) is 12.2 Å². The first-order valence-corrected chi connectivity index (χ1v) is 8.14. The van der Waals surface area contributed by atoms with Gasteiger partial charge in [-0.2, -0.15) is 5.10 Å². The van der Waals surface area contributed by atoms with Crippen molar-refractivity contribution in [3.63, 3.8) is 0 Å². The highest BCUT2D eigenvalue weighted by molar-refractivity contribution is 7.10. The lowest BCUT2D eigenvalue weighted by Crippen LogP contribution is -2.34. The zero-order valence-corrected chi connectivity index (χ0v) is 12.9. The molecule has 1 saturated heterocycles. The molecule has 0 saturated carbocycles. The molecule has 2 atom stereocenters. The number of hydrogen-bond donors (Lipinski definition) is 1. The Labute approximate surface area is 131 Å². The van der Waals surface area contributed by atoms with Gasteiger partial charge in [0.25, 0.3) is 0 Å². The summed E-state index contributed by atoms with van der Waals surface area (Å²) in [7, 11) is 0. The molecule has 7 nitrogen and oxygen atoms in total. The maximum Gasteiger partial charge on any atom is 0.306 e. The number of nitrogens with zero attached hydrogens (tertiary/aromatic N) is 4. The van der Waals surface area contributed by atoms with Gasteiger partial charge in [-0.05, 0) is 30.8 Å². The molecule has 118 valence electrons. The molecule has 22 heavy (non-hydrogen) atoms. The standard InChI is InChI=1S/C14H18N4O3S/c19-12(10-17-8-11(7-15-17)18(20)21)9-16-5-1-3-13(16)14-4-2-6-22-14/h2,4,6-8,12-13,19H,1,3,5,9-10H2. The summed E-state index contributed by atoms with van der Waals surface area (Å²) in [5, 5.41) is 26.9. The predicted octanol–water partition coefficient (Wildman–Crippen LogP) is 2.05. The fourth-order valence-electron chi connectivity index (χ4n) is 2.94. The number of thiophene rings is 1. The van der Waals surface area contributed by atoms with Crippen molar-refractivity contribution in [1.82, 2.24) is 14.7 Å². The maximum atomic E-state index is 10.6. The van der Waals surface area contributed by atoms with Crippen molar-refractivity contribution in [2.45, 2.75) is 31.5 Å². The van der Waals surface area contributed by atoms with E-state index in [0.717, 1.165) is 19.4 Å². The SMILES string of the molecule is O=[N+]([O-])c1cnn(CC(O)CN2CCCC2c2cccs2)c1. The first-order valence-electron chi connectivity index (χ1n) is 7.26. The number of likely N-dealkylation sites (tertiary alicyclic amines) is 1. The zero-order chi connectivity index (χ0) is 15.5. The molecule has 1 aliphatic rings.